The van der Waals surface area contributed by atoms with Gasteiger partial charge in [0.25, 0.3) is 0 Å². The zero-order chi connectivity index (χ0) is 36.3. The van der Waals surface area contributed by atoms with E-state index in [1.807, 2.05) is 23.5 Å². The number of anilines is 3. The van der Waals surface area contributed by atoms with Gasteiger partial charge in [-0.05, 0) is 99.3 Å². The fourth-order valence-corrected chi connectivity index (χ4v) is 9.32. The van der Waals surface area contributed by atoms with Crippen molar-refractivity contribution in [3.05, 3.63) is 200 Å². The second kappa shape index (κ2) is 12.9. The highest BCUT2D eigenvalue weighted by Crippen LogP contribution is 2.46. The van der Waals surface area contributed by atoms with Crippen molar-refractivity contribution in [2.75, 3.05) is 4.90 Å². The highest BCUT2D eigenvalue weighted by Gasteiger charge is 2.21. The van der Waals surface area contributed by atoms with Crippen molar-refractivity contribution in [1.82, 2.24) is 0 Å². The molecule has 3 heteroatoms. The average molecular weight is 720 g/mol. The Balaban J connectivity index is 1.17. The van der Waals surface area contributed by atoms with Gasteiger partial charge in [-0.15, -0.1) is 11.3 Å². The van der Waals surface area contributed by atoms with E-state index in [4.69, 9.17) is 4.42 Å². The lowest BCUT2D eigenvalue weighted by atomic mass is 9.94. The zero-order valence-electron chi connectivity index (χ0n) is 29.8. The van der Waals surface area contributed by atoms with Crippen LogP contribution < -0.4 is 4.90 Å². The smallest absolute Gasteiger partial charge is 0.135 e. The Bertz CT molecular complexity index is 3220. The third kappa shape index (κ3) is 5.40. The molecule has 0 fully saturated rings. The number of furan rings is 1. The topological polar surface area (TPSA) is 16.4 Å². The van der Waals surface area contributed by atoms with E-state index in [-0.39, 0.29) is 0 Å². The van der Waals surface area contributed by atoms with Crippen molar-refractivity contribution in [3.63, 3.8) is 0 Å². The summed E-state index contributed by atoms with van der Waals surface area (Å²) in [4.78, 5) is 2.43. The molecule has 11 aromatic rings. The van der Waals surface area contributed by atoms with E-state index < -0.39 is 0 Å². The molecule has 2 nitrogen and oxygen atoms in total. The minimum atomic E-state index is 0.878. The minimum Gasteiger partial charge on any atom is -0.456 e. The normalized spacial score (nSPS) is 11.6. The van der Waals surface area contributed by atoms with Crippen LogP contribution in [0.4, 0.5) is 17.1 Å². The van der Waals surface area contributed by atoms with Gasteiger partial charge in [0, 0.05) is 47.9 Å². The molecule has 0 aliphatic rings. The number of para-hydroxylation sites is 1. The third-order valence-corrected chi connectivity index (χ3v) is 12.0. The van der Waals surface area contributed by atoms with Gasteiger partial charge in [0.1, 0.15) is 11.2 Å². The van der Waals surface area contributed by atoms with Gasteiger partial charge in [0.2, 0.25) is 0 Å². The molecule has 2 heterocycles. The van der Waals surface area contributed by atoms with Crippen molar-refractivity contribution in [1.29, 1.82) is 0 Å². The number of thiophene rings is 1. The number of fused-ring (bicyclic) bond motifs is 7. The number of hydrogen-bond donors (Lipinski definition) is 0. The van der Waals surface area contributed by atoms with Crippen LogP contribution in [0.1, 0.15) is 0 Å². The SMILES string of the molecule is c1ccc(-c2ccc(-c3cccc4ccccc34)cc2N(c2cccc(-c3ccc4sc5ccccc5c4c3)c2)c2ccc3oc4ccccc4c3c2)cc1. The van der Waals surface area contributed by atoms with Gasteiger partial charge in [0.05, 0.1) is 5.69 Å². The standard InChI is InChI=1S/C52H33NOS/c1-2-12-35(13-3-1)43-27-24-38(42-21-11-15-34-14-4-5-18-41(34)42)32-48(43)53(40-26-28-50-46(33-40)44-19-6-8-22-49(44)54-50)39-17-10-16-36(30-39)37-25-29-52-47(31-37)45-20-7-9-23-51(45)55-52/h1-33H. The summed E-state index contributed by atoms with van der Waals surface area (Å²) in [7, 11) is 0. The molecule has 0 spiro atoms. The molecule has 258 valence electrons. The van der Waals surface area contributed by atoms with Crippen LogP contribution in [0.15, 0.2) is 205 Å². The van der Waals surface area contributed by atoms with Gasteiger partial charge in [-0.2, -0.15) is 0 Å². The first-order valence-electron chi connectivity index (χ1n) is 18.7. The maximum Gasteiger partial charge on any atom is 0.135 e. The second-order valence-corrected chi connectivity index (χ2v) is 15.2. The maximum absolute atomic E-state index is 6.33. The molecule has 0 saturated heterocycles. The Morgan fingerprint density at radius 1 is 0.345 bits per heavy atom. The van der Waals surface area contributed by atoms with Crippen molar-refractivity contribution >= 4 is 81.3 Å². The fraction of sp³-hybridized carbons (Fsp3) is 0. The van der Waals surface area contributed by atoms with E-state index in [1.165, 1.54) is 47.6 Å². The Morgan fingerprint density at radius 3 is 1.95 bits per heavy atom. The molecule has 0 N–H and O–H groups in total. The molecule has 0 aliphatic heterocycles. The van der Waals surface area contributed by atoms with Crippen molar-refractivity contribution in [3.8, 4) is 33.4 Å². The van der Waals surface area contributed by atoms with Crippen molar-refractivity contribution < 1.29 is 4.42 Å². The highest BCUT2D eigenvalue weighted by atomic mass is 32.1. The number of rotatable bonds is 6. The van der Waals surface area contributed by atoms with E-state index in [0.717, 1.165) is 55.7 Å². The molecule has 0 aliphatic carbocycles. The van der Waals surface area contributed by atoms with E-state index in [0.29, 0.717) is 0 Å². The summed E-state index contributed by atoms with van der Waals surface area (Å²) in [6.07, 6.45) is 0. The molecular weight excluding hydrogens is 687 g/mol. The van der Waals surface area contributed by atoms with Gasteiger partial charge >= 0.3 is 0 Å². The Labute approximate surface area is 322 Å². The van der Waals surface area contributed by atoms with Gasteiger partial charge in [0.15, 0.2) is 0 Å². The summed E-state index contributed by atoms with van der Waals surface area (Å²) < 4.78 is 8.95. The summed E-state index contributed by atoms with van der Waals surface area (Å²) >= 11 is 1.85. The fourth-order valence-electron chi connectivity index (χ4n) is 8.23. The van der Waals surface area contributed by atoms with Crippen LogP contribution in [-0.2, 0) is 0 Å². The summed E-state index contributed by atoms with van der Waals surface area (Å²) in [5.41, 5.74) is 12.0. The molecule has 9 aromatic carbocycles. The van der Waals surface area contributed by atoms with Crippen LogP contribution in [0.25, 0.3) is 86.3 Å². The molecule has 2 aromatic heterocycles. The van der Waals surface area contributed by atoms with Crippen molar-refractivity contribution in [2.45, 2.75) is 0 Å². The lowest BCUT2D eigenvalue weighted by Gasteiger charge is -2.29. The molecule has 0 amide bonds. The van der Waals surface area contributed by atoms with Crippen molar-refractivity contribution in [2.24, 2.45) is 0 Å². The molecule has 0 bridgehead atoms. The molecule has 55 heavy (non-hydrogen) atoms. The zero-order valence-corrected chi connectivity index (χ0v) is 30.6. The van der Waals surface area contributed by atoms with Crippen LogP contribution in [0.2, 0.25) is 0 Å². The molecular formula is C52H33NOS. The van der Waals surface area contributed by atoms with Gasteiger partial charge in [-0.1, -0.05) is 140 Å². The summed E-state index contributed by atoms with van der Waals surface area (Å²) in [5.74, 6) is 0. The van der Waals surface area contributed by atoms with Gasteiger partial charge in [-0.25, -0.2) is 0 Å². The Morgan fingerprint density at radius 2 is 1.02 bits per heavy atom. The van der Waals surface area contributed by atoms with E-state index in [2.05, 4.69) is 193 Å². The molecule has 0 saturated carbocycles. The third-order valence-electron chi connectivity index (χ3n) is 10.9. The van der Waals surface area contributed by atoms with Crippen LogP contribution in [0, 0.1) is 0 Å². The Hall–Kier alpha value is -6.94. The van der Waals surface area contributed by atoms with Crippen LogP contribution in [0.3, 0.4) is 0 Å². The van der Waals surface area contributed by atoms with E-state index in [1.54, 1.807) is 0 Å². The first-order chi connectivity index (χ1) is 27.2. The summed E-state index contributed by atoms with van der Waals surface area (Å²) in [6.45, 7) is 0. The summed E-state index contributed by atoms with van der Waals surface area (Å²) in [5, 5.41) is 7.27. The molecule has 0 radical (unpaired) electrons. The van der Waals surface area contributed by atoms with E-state index >= 15 is 0 Å². The molecule has 0 atom stereocenters. The lowest BCUT2D eigenvalue weighted by Crippen LogP contribution is -2.11. The maximum atomic E-state index is 6.33. The first-order valence-corrected chi connectivity index (χ1v) is 19.5. The average Bonchev–Trinajstić information content (AvgIpc) is 3.82. The molecule has 11 rings (SSSR count). The predicted octanol–water partition coefficient (Wildman–Crippen LogP) is 15.6. The number of benzene rings is 9. The highest BCUT2D eigenvalue weighted by molar-refractivity contribution is 7.25. The predicted molar refractivity (Wildman–Crippen MR) is 235 cm³/mol. The van der Waals surface area contributed by atoms with Gasteiger partial charge in [-0.3, -0.25) is 0 Å². The Kier molecular flexibility index (Phi) is 7.39. The number of nitrogens with zero attached hydrogens (tertiary/aromatic N) is 1. The van der Waals surface area contributed by atoms with Gasteiger partial charge < -0.3 is 9.32 Å². The van der Waals surface area contributed by atoms with Crippen LogP contribution in [0.5, 0.6) is 0 Å². The summed E-state index contributed by atoms with van der Waals surface area (Å²) in [6, 6.07) is 72.4. The van der Waals surface area contributed by atoms with Crippen LogP contribution in [-0.4, -0.2) is 0 Å². The number of hydrogen-bond acceptors (Lipinski definition) is 3. The quantitative estimate of drug-likeness (QED) is 0.170. The molecule has 0 unspecified atom stereocenters. The largest absolute Gasteiger partial charge is 0.456 e. The van der Waals surface area contributed by atoms with E-state index in [9.17, 15) is 0 Å². The van der Waals surface area contributed by atoms with Crippen LogP contribution >= 0.6 is 11.3 Å². The first kappa shape index (κ1) is 31.6. The monoisotopic (exact) mass is 719 g/mol. The lowest BCUT2D eigenvalue weighted by molar-refractivity contribution is 0.669. The second-order valence-electron chi connectivity index (χ2n) is 14.1. The minimum absolute atomic E-state index is 0.878.